The van der Waals surface area contributed by atoms with Gasteiger partial charge < -0.3 is 5.32 Å². The number of thiazole rings is 1. The van der Waals surface area contributed by atoms with Crippen molar-refractivity contribution in [1.29, 1.82) is 0 Å². The lowest BCUT2D eigenvalue weighted by molar-refractivity contribution is 0.626. The first-order valence-electron chi connectivity index (χ1n) is 7.26. The van der Waals surface area contributed by atoms with Gasteiger partial charge in [0, 0.05) is 17.5 Å². The molecule has 122 valence electrons. The van der Waals surface area contributed by atoms with Crippen molar-refractivity contribution in [2.75, 3.05) is 5.43 Å². The van der Waals surface area contributed by atoms with Crippen molar-refractivity contribution in [3.05, 3.63) is 71.4 Å². The minimum absolute atomic E-state index is 0.251. The Hall–Kier alpha value is -2.51. The molecule has 24 heavy (non-hydrogen) atoms. The number of thiocarbonyl (C=S) groups is 1. The van der Waals surface area contributed by atoms with Crippen molar-refractivity contribution in [2.24, 2.45) is 0 Å². The number of aromatic nitrogens is 1. The van der Waals surface area contributed by atoms with Crippen LogP contribution in [0.1, 0.15) is 5.56 Å². The minimum Gasteiger partial charge on any atom is -0.357 e. The largest absolute Gasteiger partial charge is 0.357 e. The van der Waals surface area contributed by atoms with Crippen molar-refractivity contribution in [3.63, 3.8) is 0 Å². The molecule has 0 radical (unpaired) electrons. The molecule has 1 aromatic heterocycles. The highest BCUT2D eigenvalue weighted by Crippen LogP contribution is 2.23. The highest BCUT2D eigenvalue weighted by atomic mass is 32.1. The standard InChI is InChI=1S/C17H15FN4S2/c18-14-8-6-12(7-9-14)10-19-16(23)21-22-17-20-15(11-24-17)13-4-2-1-3-5-13/h1-9,11H,10H2,(H,20,22)(H2,19,21,23). The predicted octanol–water partition coefficient (Wildman–Crippen LogP) is 3.94. The Morgan fingerprint density at radius 1 is 1.08 bits per heavy atom. The van der Waals surface area contributed by atoms with Crippen molar-refractivity contribution >= 4 is 33.8 Å². The van der Waals surface area contributed by atoms with Crippen LogP contribution in [-0.2, 0) is 6.54 Å². The molecule has 0 saturated heterocycles. The minimum atomic E-state index is -0.251. The number of hydrazine groups is 1. The van der Waals surface area contributed by atoms with Crippen molar-refractivity contribution in [2.45, 2.75) is 6.54 Å². The number of halogens is 1. The van der Waals surface area contributed by atoms with Gasteiger partial charge in [0.15, 0.2) is 5.11 Å². The Bertz CT molecular complexity index is 803. The van der Waals surface area contributed by atoms with E-state index in [-0.39, 0.29) is 5.82 Å². The van der Waals surface area contributed by atoms with Crippen LogP contribution >= 0.6 is 23.6 Å². The summed E-state index contributed by atoms with van der Waals surface area (Å²) in [7, 11) is 0. The van der Waals surface area contributed by atoms with E-state index in [1.807, 2.05) is 35.7 Å². The van der Waals surface area contributed by atoms with E-state index in [1.54, 1.807) is 12.1 Å². The lowest BCUT2D eigenvalue weighted by Gasteiger charge is -2.10. The monoisotopic (exact) mass is 358 g/mol. The first kappa shape index (κ1) is 16.4. The highest BCUT2D eigenvalue weighted by Gasteiger charge is 2.04. The van der Waals surface area contributed by atoms with Crippen molar-refractivity contribution in [1.82, 2.24) is 15.7 Å². The van der Waals surface area contributed by atoms with Gasteiger partial charge in [-0.25, -0.2) is 9.37 Å². The summed E-state index contributed by atoms with van der Waals surface area (Å²) in [6.45, 7) is 0.515. The molecular formula is C17H15FN4S2. The molecule has 0 spiro atoms. The average molecular weight is 358 g/mol. The predicted molar refractivity (Wildman–Crippen MR) is 100 cm³/mol. The van der Waals surface area contributed by atoms with Gasteiger partial charge >= 0.3 is 0 Å². The number of nitrogens with zero attached hydrogens (tertiary/aromatic N) is 1. The molecule has 7 heteroatoms. The summed E-state index contributed by atoms with van der Waals surface area (Å²) in [5.74, 6) is -0.251. The molecule has 3 aromatic rings. The van der Waals surface area contributed by atoms with Gasteiger partial charge in [0.1, 0.15) is 5.82 Å². The fraction of sp³-hybridized carbons (Fsp3) is 0.0588. The van der Waals surface area contributed by atoms with Gasteiger partial charge in [0.05, 0.1) is 5.69 Å². The first-order valence-corrected chi connectivity index (χ1v) is 8.55. The quantitative estimate of drug-likeness (QED) is 0.476. The lowest BCUT2D eigenvalue weighted by atomic mass is 10.2. The third-order valence-corrected chi connectivity index (χ3v) is 4.23. The number of hydrogen-bond acceptors (Lipinski definition) is 4. The van der Waals surface area contributed by atoms with Gasteiger partial charge in [-0.1, -0.05) is 42.5 Å². The van der Waals surface area contributed by atoms with Crippen molar-refractivity contribution < 1.29 is 4.39 Å². The first-order chi connectivity index (χ1) is 11.7. The van der Waals surface area contributed by atoms with E-state index in [1.165, 1.54) is 23.5 Å². The fourth-order valence-corrected chi connectivity index (χ4v) is 2.81. The van der Waals surface area contributed by atoms with Crippen LogP contribution < -0.4 is 16.2 Å². The molecule has 0 aliphatic heterocycles. The van der Waals surface area contributed by atoms with Crippen LogP contribution in [0.15, 0.2) is 60.0 Å². The number of nitrogens with one attached hydrogen (secondary N) is 3. The topological polar surface area (TPSA) is 49.0 Å². The van der Waals surface area contributed by atoms with E-state index >= 15 is 0 Å². The molecule has 0 amide bonds. The van der Waals surface area contributed by atoms with E-state index in [0.717, 1.165) is 22.0 Å². The molecule has 0 atom stereocenters. The summed E-state index contributed by atoms with van der Waals surface area (Å²) in [6.07, 6.45) is 0. The summed E-state index contributed by atoms with van der Waals surface area (Å²) in [5.41, 5.74) is 8.79. The van der Waals surface area contributed by atoms with Crippen LogP contribution in [0, 0.1) is 5.82 Å². The third-order valence-electron chi connectivity index (χ3n) is 3.22. The van der Waals surface area contributed by atoms with Crippen LogP contribution in [0.3, 0.4) is 0 Å². The second-order valence-electron chi connectivity index (χ2n) is 4.96. The number of hydrogen-bond donors (Lipinski definition) is 3. The number of anilines is 1. The van der Waals surface area contributed by atoms with Gasteiger partial charge in [0.25, 0.3) is 0 Å². The molecule has 2 aromatic carbocycles. The van der Waals surface area contributed by atoms with Gasteiger partial charge in [-0.05, 0) is 29.9 Å². The molecule has 0 aliphatic rings. The maximum atomic E-state index is 12.8. The van der Waals surface area contributed by atoms with Gasteiger partial charge in [0.2, 0.25) is 5.13 Å². The van der Waals surface area contributed by atoms with E-state index < -0.39 is 0 Å². The van der Waals surface area contributed by atoms with Gasteiger partial charge in [-0.3, -0.25) is 10.9 Å². The van der Waals surface area contributed by atoms with E-state index in [4.69, 9.17) is 12.2 Å². The summed E-state index contributed by atoms with van der Waals surface area (Å²) in [4.78, 5) is 4.50. The van der Waals surface area contributed by atoms with E-state index in [2.05, 4.69) is 21.2 Å². The molecule has 0 fully saturated rings. The zero-order valence-electron chi connectivity index (χ0n) is 12.6. The van der Waals surface area contributed by atoms with Crippen LogP contribution in [0.2, 0.25) is 0 Å². The SMILES string of the molecule is Fc1ccc(CNC(=S)NNc2nc(-c3ccccc3)cs2)cc1. The molecule has 1 heterocycles. The summed E-state index contributed by atoms with van der Waals surface area (Å²) in [6, 6.07) is 16.2. The Labute approximate surface area is 148 Å². The van der Waals surface area contributed by atoms with Crippen LogP contribution in [0.25, 0.3) is 11.3 Å². The Kier molecular flexibility index (Phi) is 5.35. The molecule has 0 bridgehead atoms. The normalized spacial score (nSPS) is 10.2. The zero-order chi connectivity index (χ0) is 16.8. The Morgan fingerprint density at radius 3 is 2.58 bits per heavy atom. The van der Waals surface area contributed by atoms with Crippen LogP contribution in [-0.4, -0.2) is 10.1 Å². The Balaban J connectivity index is 1.48. The summed E-state index contributed by atoms with van der Waals surface area (Å²) in [5, 5.41) is 6.18. The van der Waals surface area contributed by atoms with Crippen LogP contribution in [0.4, 0.5) is 9.52 Å². The molecular weight excluding hydrogens is 343 g/mol. The molecule has 4 nitrogen and oxygen atoms in total. The highest BCUT2D eigenvalue weighted by molar-refractivity contribution is 7.80. The maximum Gasteiger partial charge on any atom is 0.202 e. The molecule has 3 N–H and O–H groups in total. The van der Waals surface area contributed by atoms with Gasteiger partial charge in [-0.15, -0.1) is 11.3 Å². The average Bonchev–Trinajstić information content (AvgIpc) is 3.09. The van der Waals surface area contributed by atoms with Gasteiger partial charge in [-0.2, -0.15) is 0 Å². The fourth-order valence-electron chi connectivity index (χ4n) is 2.01. The number of benzene rings is 2. The Morgan fingerprint density at radius 2 is 1.83 bits per heavy atom. The molecule has 0 saturated carbocycles. The van der Waals surface area contributed by atoms with E-state index in [9.17, 15) is 4.39 Å². The smallest absolute Gasteiger partial charge is 0.202 e. The number of rotatable bonds is 5. The molecule has 0 unspecified atom stereocenters. The molecule has 3 rings (SSSR count). The summed E-state index contributed by atoms with van der Waals surface area (Å²) >= 11 is 6.69. The lowest BCUT2D eigenvalue weighted by Crippen LogP contribution is -2.38. The third kappa shape index (κ3) is 4.50. The summed E-state index contributed by atoms with van der Waals surface area (Å²) < 4.78 is 12.8. The second-order valence-corrected chi connectivity index (χ2v) is 6.23. The second kappa shape index (κ2) is 7.85. The zero-order valence-corrected chi connectivity index (χ0v) is 14.3. The van der Waals surface area contributed by atoms with Crippen molar-refractivity contribution in [3.8, 4) is 11.3 Å². The molecule has 0 aliphatic carbocycles. The van der Waals surface area contributed by atoms with Crippen LogP contribution in [0.5, 0.6) is 0 Å². The van der Waals surface area contributed by atoms with E-state index in [0.29, 0.717) is 11.7 Å². The maximum absolute atomic E-state index is 12.8.